The average Bonchev–Trinajstić information content (AvgIpc) is 3.02. The maximum absolute atomic E-state index is 11.7. The van der Waals surface area contributed by atoms with Gasteiger partial charge in [0.25, 0.3) is 0 Å². The van der Waals surface area contributed by atoms with Crippen molar-refractivity contribution in [3.8, 4) is 11.5 Å². The van der Waals surface area contributed by atoms with E-state index in [9.17, 15) is 15.0 Å². The number of allylic oxidation sites excluding steroid dienone is 2. The van der Waals surface area contributed by atoms with Crippen molar-refractivity contribution in [1.82, 2.24) is 0 Å². The monoisotopic (exact) mass is 272 g/mol. The molecule has 104 valence electrons. The van der Waals surface area contributed by atoms with Gasteiger partial charge in [-0.15, -0.1) is 0 Å². The standard InChI is InChI=1S/C16H16O4/c17-13-5-2-10(8-14(13)18)3-6-16(19)20-15-9-11-1-4-12(15)7-11/h2-3,5-6,8,11,17-18H,1,4,7,9H2/b6-3+. The molecule has 1 aromatic rings. The summed E-state index contributed by atoms with van der Waals surface area (Å²) in [6.07, 6.45) is 7.14. The molecule has 4 heteroatoms. The molecule has 0 heterocycles. The Morgan fingerprint density at radius 3 is 2.75 bits per heavy atom. The number of benzene rings is 1. The second-order valence-corrected chi connectivity index (χ2v) is 5.34. The Morgan fingerprint density at radius 1 is 1.25 bits per heavy atom. The molecule has 2 aliphatic carbocycles. The predicted molar refractivity (Wildman–Crippen MR) is 73.9 cm³/mol. The van der Waals surface area contributed by atoms with Gasteiger partial charge < -0.3 is 14.9 Å². The van der Waals surface area contributed by atoms with Gasteiger partial charge in [-0.1, -0.05) is 6.07 Å². The van der Waals surface area contributed by atoms with Crippen LogP contribution in [0.15, 0.2) is 35.6 Å². The lowest BCUT2D eigenvalue weighted by Crippen LogP contribution is -2.04. The summed E-state index contributed by atoms with van der Waals surface area (Å²) >= 11 is 0. The van der Waals surface area contributed by atoms with Crippen molar-refractivity contribution in [2.24, 2.45) is 5.92 Å². The maximum Gasteiger partial charge on any atom is 0.335 e. The van der Waals surface area contributed by atoms with Gasteiger partial charge in [0.05, 0.1) is 0 Å². The summed E-state index contributed by atoms with van der Waals surface area (Å²) in [5, 5.41) is 18.6. The Hall–Kier alpha value is -2.23. The van der Waals surface area contributed by atoms with Crippen LogP contribution in [0.2, 0.25) is 0 Å². The minimum absolute atomic E-state index is 0.182. The van der Waals surface area contributed by atoms with Gasteiger partial charge in [0.15, 0.2) is 11.5 Å². The van der Waals surface area contributed by atoms with Crippen molar-refractivity contribution in [1.29, 1.82) is 0 Å². The Labute approximate surface area is 117 Å². The minimum Gasteiger partial charge on any atom is -0.504 e. The van der Waals surface area contributed by atoms with Crippen LogP contribution in [0.4, 0.5) is 0 Å². The minimum atomic E-state index is -0.396. The van der Waals surface area contributed by atoms with Crippen LogP contribution in [0.3, 0.4) is 0 Å². The van der Waals surface area contributed by atoms with Crippen LogP contribution < -0.4 is 0 Å². The normalized spacial score (nSPS) is 20.9. The van der Waals surface area contributed by atoms with E-state index in [-0.39, 0.29) is 11.5 Å². The van der Waals surface area contributed by atoms with E-state index in [1.807, 2.05) is 0 Å². The van der Waals surface area contributed by atoms with Crippen molar-refractivity contribution in [3.05, 3.63) is 41.2 Å². The van der Waals surface area contributed by atoms with Gasteiger partial charge >= 0.3 is 5.97 Å². The van der Waals surface area contributed by atoms with Gasteiger partial charge in [-0.25, -0.2) is 4.79 Å². The van der Waals surface area contributed by atoms with E-state index in [1.165, 1.54) is 30.2 Å². The van der Waals surface area contributed by atoms with E-state index in [0.717, 1.165) is 25.0 Å². The molecule has 20 heavy (non-hydrogen) atoms. The smallest absolute Gasteiger partial charge is 0.335 e. The molecule has 0 saturated heterocycles. The van der Waals surface area contributed by atoms with Gasteiger partial charge in [0, 0.05) is 12.5 Å². The maximum atomic E-state index is 11.7. The Morgan fingerprint density at radius 2 is 2.10 bits per heavy atom. The van der Waals surface area contributed by atoms with E-state index in [0.29, 0.717) is 11.5 Å². The molecule has 0 radical (unpaired) electrons. The highest BCUT2D eigenvalue weighted by molar-refractivity contribution is 5.88. The van der Waals surface area contributed by atoms with Crippen molar-refractivity contribution in [2.75, 3.05) is 0 Å². The van der Waals surface area contributed by atoms with Gasteiger partial charge in [-0.05, 0) is 54.5 Å². The second-order valence-electron chi connectivity index (χ2n) is 5.34. The SMILES string of the molecule is O=C(/C=C/c1ccc(O)c(O)c1)OC1=C2CCC(C2)C1. The number of hydrogen-bond acceptors (Lipinski definition) is 4. The van der Waals surface area contributed by atoms with Crippen molar-refractivity contribution in [3.63, 3.8) is 0 Å². The molecule has 1 atom stereocenters. The molecule has 1 unspecified atom stereocenters. The molecule has 1 fully saturated rings. The topological polar surface area (TPSA) is 66.8 Å². The molecular formula is C16H16O4. The van der Waals surface area contributed by atoms with Crippen LogP contribution in [-0.4, -0.2) is 16.2 Å². The Balaban J connectivity index is 1.64. The third kappa shape index (κ3) is 2.54. The van der Waals surface area contributed by atoms with Gasteiger partial charge in [-0.3, -0.25) is 0 Å². The molecule has 0 spiro atoms. The number of fused-ring (bicyclic) bond motifs is 2. The zero-order valence-electron chi connectivity index (χ0n) is 11.0. The van der Waals surface area contributed by atoms with Gasteiger partial charge in [0.2, 0.25) is 0 Å². The van der Waals surface area contributed by atoms with Crippen LogP contribution in [0.25, 0.3) is 6.08 Å². The van der Waals surface area contributed by atoms with Crippen LogP contribution in [-0.2, 0) is 9.53 Å². The highest BCUT2D eigenvalue weighted by Crippen LogP contribution is 2.44. The zero-order chi connectivity index (χ0) is 14.1. The molecule has 0 aromatic heterocycles. The van der Waals surface area contributed by atoms with Crippen molar-refractivity contribution < 1.29 is 19.7 Å². The summed E-state index contributed by atoms with van der Waals surface area (Å²) in [5.41, 5.74) is 1.92. The largest absolute Gasteiger partial charge is 0.504 e. The molecule has 2 N–H and O–H groups in total. The third-order valence-electron chi connectivity index (χ3n) is 3.89. The first-order valence-electron chi connectivity index (χ1n) is 6.74. The number of carbonyl (C=O) groups excluding carboxylic acids is 1. The fourth-order valence-corrected chi connectivity index (χ4v) is 2.84. The molecule has 2 bridgehead atoms. The molecule has 1 aromatic carbocycles. The molecular weight excluding hydrogens is 256 g/mol. The van der Waals surface area contributed by atoms with Crippen LogP contribution in [0.1, 0.15) is 31.2 Å². The number of carbonyl (C=O) groups is 1. The number of phenols is 2. The number of hydrogen-bond donors (Lipinski definition) is 2. The lowest BCUT2D eigenvalue weighted by atomic mass is 10.1. The van der Waals surface area contributed by atoms with Gasteiger partial charge in [-0.2, -0.15) is 0 Å². The first-order valence-corrected chi connectivity index (χ1v) is 6.74. The first kappa shape index (κ1) is 12.8. The summed E-state index contributed by atoms with van der Waals surface area (Å²) in [4.78, 5) is 11.7. The molecule has 0 amide bonds. The molecule has 3 rings (SSSR count). The number of ether oxygens (including phenoxy) is 1. The molecule has 2 aliphatic rings. The Bertz CT molecular complexity index is 613. The van der Waals surface area contributed by atoms with E-state index in [2.05, 4.69) is 0 Å². The highest BCUT2D eigenvalue weighted by Gasteiger charge is 2.32. The summed E-state index contributed by atoms with van der Waals surface area (Å²) in [6, 6.07) is 4.37. The van der Waals surface area contributed by atoms with E-state index < -0.39 is 5.97 Å². The molecule has 4 nitrogen and oxygen atoms in total. The lowest BCUT2D eigenvalue weighted by molar-refractivity contribution is -0.134. The number of aromatic hydroxyl groups is 2. The number of esters is 1. The van der Waals surface area contributed by atoms with E-state index in [1.54, 1.807) is 12.1 Å². The first-order chi connectivity index (χ1) is 9.61. The zero-order valence-corrected chi connectivity index (χ0v) is 11.0. The average molecular weight is 272 g/mol. The summed E-state index contributed by atoms with van der Waals surface area (Å²) in [6.45, 7) is 0. The highest BCUT2D eigenvalue weighted by atomic mass is 16.5. The second kappa shape index (κ2) is 5.04. The molecule has 1 saturated carbocycles. The van der Waals surface area contributed by atoms with Crippen LogP contribution >= 0.6 is 0 Å². The fourth-order valence-electron chi connectivity index (χ4n) is 2.84. The quantitative estimate of drug-likeness (QED) is 0.504. The van der Waals surface area contributed by atoms with E-state index in [4.69, 9.17) is 4.74 Å². The van der Waals surface area contributed by atoms with Crippen molar-refractivity contribution in [2.45, 2.75) is 25.7 Å². The molecule has 0 aliphatic heterocycles. The fraction of sp³-hybridized carbons (Fsp3) is 0.312. The van der Waals surface area contributed by atoms with Crippen LogP contribution in [0, 0.1) is 5.92 Å². The van der Waals surface area contributed by atoms with Crippen molar-refractivity contribution >= 4 is 12.0 Å². The number of phenolic OH excluding ortho intramolecular Hbond substituents is 2. The summed E-state index contributed by atoms with van der Waals surface area (Å²) in [7, 11) is 0. The summed E-state index contributed by atoms with van der Waals surface area (Å²) in [5.74, 6) is 0.736. The van der Waals surface area contributed by atoms with Gasteiger partial charge in [0.1, 0.15) is 5.76 Å². The number of rotatable bonds is 3. The lowest BCUT2D eigenvalue weighted by Gasteiger charge is -2.10. The predicted octanol–water partition coefficient (Wildman–Crippen LogP) is 3.11. The van der Waals surface area contributed by atoms with Crippen LogP contribution in [0.5, 0.6) is 11.5 Å². The summed E-state index contributed by atoms with van der Waals surface area (Å²) < 4.78 is 5.36. The third-order valence-corrected chi connectivity index (χ3v) is 3.89. The Kier molecular flexibility index (Phi) is 3.22. The van der Waals surface area contributed by atoms with E-state index >= 15 is 0 Å².